The van der Waals surface area contributed by atoms with E-state index in [1.807, 2.05) is 0 Å². The molecule has 5 heteroatoms. The maximum Gasteiger partial charge on any atom is 0.167 e. The monoisotopic (exact) mass is 293 g/mol. The van der Waals surface area contributed by atoms with Crippen molar-refractivity contribution in [1.82, 2.24) is 0 Å². The van der Waals surface area contributed by atoms with Crippen LogP contribution >= 0.6 is 0 Å². The van der Waals surface area contributed by atoms with Crippen LogP contribution < -0.4 is 10.5 Å². The average molecular weight is 293 g/mol. The van der Waals surface area contributed by atoms with Crippen molar-refractivity contribution in [2.24, 2.45) is 0 Å². The molecule has 1 fully saturated rings. The fraction of sp³-hybridized carbons (Fsp3) is 0.250. The second-order valence-corrected chi connectivity index (χ2v) is 5.26. The Morgan fingerprint density at radius 3 is 2.29 bits per heavy atom. The lowest BCUT2D eigenvalue weighted by Crippen LogP contribution is -2.41. The third-order valence-corrected chi connectivity index (χ3v) is 3.84. The molecule has 1 aliphatic rings. The minimum atomic E-state index is -0.936. The first-order valence-corrected chi connectivity index (χ1v) is 6.70. The van der Waals surface area contributed by atoms with Crippen molar-refractivity contribution in [3.63, 3.8) is 0 Å². The van der Waals surface area contributed by atoms with E-state index in [1.165, 1.54) is 24.3 Å². The smallest absolute Gasteiger partial charge is 0.167 e. The number of ether oxygens (including phenoxy) is 1. The number of halogens is 3. The summed E-state index contributed by atoms with van der Waals surface area (Å²) in [5.74, 6) is -1.90. The third kappa shape index (κ3) is 2.44. The molecule has 0 atom stereocenters. The number of hydrogen-bond acceptors (Lipinski definition) is 2. The first-order valence-electron chi connectivity index (χ1n) is 6.70. The maximum absolute atomic E-state index is 14.0. The van der Waals surface area contributed by atoms with Crippen LogP contribution in [-0.4, -0.2) is 0 Å². The molecule has 0 aliphatic heterocycles. The molecule has 0 heterocycles. The van der Waals surface area contributed by atoms with Crippen LogP contribution in [0.3, 0.4) is 0 Å². The molecule has 0 unspecified atom stereocenters. The summed E-state index contributed by atoms with van der Waals surface area (Å²) in [7, 11) is 0. The summed E-state index contributed by atoms with van der Waals surface area (Å²) in [6.45, 7) is 0. The van der Waals surface area contributed by atoms with Gasteiger partial charge in [0.1, 0.15) is 17.2 Å². The topological polar surface area (TPSA) is 35.2 Å². The highest BCUT2D eigenvalue weighted by Crippen LogP contribution is 2.46. The second-order valence-electron chi connectivity index (χ2n) is 5.26. The molecule has 0 aromatic heterocycles. The van der Waals surface area contributed by atoms with Crippen molar-refractivity contribution >= 4 is 5.69 Å². The van der Waals surface area contributed by atoms with E-state index in [0.717, 1.165) is 18.6 Å². The van der Waals surface area contributed by atoms with E-state index in [-0.39, 0.29) is 17.0 Å². The van der Waals surface area contributed by atoms with Crippen LogP contribution in [0.25, 0.3) is 0 Å². The molecule has 0 bridgehead atoms. The van der Waals surface area contributed by atoms with Crippen LogP contribution in [0, 0.1) is 17.5 Å². The lowest BCUT2D eigenvalue weighted by Gasteiger charge is -2.42. The molecule has 2 N–H and O–H groups in total. The van der Waals surface area contributed by atoms with Gasteiger partial charge in [0, 0.05) is 23.4 Å². The second kappa shape index (κ2) is 4.98. The highest BCUT2D eigenvalue weighted by atomic mass is 19.1. The van der Waals surface area contributed by atoms with Gasteiger partial charge in [-0.25, -0.2) is 13.2 Å². The Bertz CT molecular complexity index is 683. The number of benzene rings is 2. The molecule has 0 radical (unpaired) electrons. The zero-order chi connectivity index (χ0) is 15.0. The number of nitrogen functional groups attached to an aromatic ring is 1. The minimum absolute atomic E-state index is 0.0209. The molecule has 3 rings (SSSR count). The summed E-state index contributed by atoms with van der Waals surface area (Å²) < 4.78 is 46.6. The largest absolute Gasteiger partial charge is 0.479 e. The number of hydrogen-bond donors (Lipinski definition) is 1. The van der Waals surface area contributed by atoms with Crippen molar-refractivity contribution in [2.75, 3.05) is 5.73 Å². The van der Waals surface area contributed by atoms with Gasteiger partial charge in [-0.15, -0.1) is 0 Å². The first-order chi connectivity index (χ1) is 10.00. The highest BCUT2D eigenvalue weighted by Gasteiger charge is 2.43. The van der Waals surface area contributed by atoms with Crippen molar-refractivity contribution in [1.29, 1.82) is 0 Å². The molecule has 0 saturated heterocycles. The van der Waals surface area contributed by atoms with Gasteiger partial charge in [0.05, 0.1) is 0 Å². The molecule has 0 spiro atoms. The van der Waals surface area contributed by atoms with Crippen LogP contribution in [-0.2, 0) is 5.60 Å². The van der Waals surface area contributed by atoms with E-state index >= 15 is 0 Å². The summed E-state index contributed by atoms with van der Waals surface area (Å²) in [5, 5.41) is 0. The molecular weight excluding hydrogens is 279 g/mol. The van der Waals surface area contributed by atoms with E-state index in [1.54, 1.807) is 0 Å². The zero-order valence-corrected chi connectivity index (χ0v) is 11.2. The van der Waals surface area contributed by atoms with Gasteiger partial charge in [-0.2, -0.15) is 0 Å². The summed E-state index contributed by atoms with van der Waals surface area (Å²) in [5.41, 5.74) is 5.10. The van der Waals surface area contributed by atoms with E-state index in [0.29, 0.717) is 12.8 Å². The van der Waals surface area contributed by atoms with Gasteiger partial charge in [0.15, 0.2) is 11.6 Å². The van der Waals surface area contributed by atoms with Crippen molar-refractivity contribution in [2.45, 2.75) is 24.9 Å². The Morgan fingerprint density at radius 1 is 0.952 bits per heavy atom. The SMILES string of the molecule is Nc1ccc(OC2(c3ccc(F)cc3F)CCC2)c(F)c1. The van der Waals surface area contributed by atoms with Gasteiger partial charge in [0.2, 0.25) is 0 Å². The van der Waals surface area contributed by atoms with Gasteiger partial charge in [-0.3, -0.25) is 0 Å². The fourth-order valence-corrected chi connectivity index (χ4v) is 2.59. The number of rotatable bonds is 3. The highest BCUT2D eigenvalue weighted by molar-refractivity contribution is 5.43. The molecule has 2 aromatic rings. The molecule has 2 nitrogen and oxygen atoms in total. The molecule has 1 saturated carbocycles. The molecule has 1 aliphatic carbocycles. The Balaban J connectivity index is 1.97. The van der Waals surface area contributed by atoms with Gasteiger partial charge in [-0.05, 0) is 43.5 Å². The predicted molar refractivity (Wildman–Crippen MR) is 73.3 cm³/mol. The Hall–Kier alpha value is -2.17. The Morgan fingerprint density at radius 2 is 1.71 bits per heavy atom. The average Bonchev–Trinajstić information content (AvgIpc) is 2.37. The van der Waals surface area contributed by atoms with Gasteiger partial charge < -0.3 is 10.5 Å². The molecular formula is C16H14F3NO. The fourth-order valence-electron chi connectivity index (χ4n) is 2.59. The standard InChI is InChI=1S/C16H14F3NO/c17-10-2-4-12(13(18)8-10)16(6-1-7-16)21-15-5-3-11(20)9-14(15)19/h2-5,8-9H,1,6-7,20H2. The normalized spacial score (nSPS) is 16.3. The van der Waals surface area contributed by atoms with Gasteiger partial charge >= 0.3 is 0 Å². The summed E-state index contributed by atoms with van der Waals surface area (Å²) in [6, 6.07) is 7.46. The molecule has 2 aromatic carbocycles. The van der Waals surface area contributed by atoms with E-state index in [2.05, 4.69) is 0 Å². The lowest BCUT2D eigenvalue weighted by molar-refractivity contribution is -0.0183. The minimum Gasteiger partial charge on any atom is -0.479 e. The zero-order valence-electron chi connectivity index (χ0n) is 11.2. The van der Waals surface area contributed by atoms with Crippen LogP contribution in [0.2, 0.25) is 0 Å². The van der Waals surface area contributed by atoms with Crippen LogP contribution in [0.15, 0.2) is 36.4 Å². The molecule has 0 amide bonds. The van der Waals surface area contributed by atoms with Crippen molar-refractivity contribution in [3.05, 3.63) is 59.4 Å². The summed E-state index contributed by atoms with van der Waals surface area (Å²) in [4.78, 5) is 0. The van der Waals surface area contributed by atoms with Crippen molar-refractivity contribution < 1.29 is 17.9 Å². The van der Waals surface area contributed by atoms with E-state index < -0.39 is 23.1 Å². The summed E-state index contributed by atoms with van der Waals surface area (Å²) >= 11 is 0. The van der Waals surface area contributed by atoms with Crippen molar-refractivity contribution in [3.8, 4) is 5.75 Å². The lowest BCUT2D eigenvalue weighted by atomic mass is 9.74. The Kier molecular flexibility index (Phi) is 3.27. The summed E-state index contributed by atoms with van der Waals surface area (Å²) in [6.07, 6.45) is 1.95. The van der Waals surface area contributed by atoms with E-state index in [4.69, 9.17) is 10.5 Å². The quantitative estimate of drug-likeness (QED) is 0.863. The molecule has 110 valence electrons. The molecule has 21 heavy (non-hydrogen) atoms. The Labute approximate surface area is 120 Å². The maximum atomic E-state index is 14.0. The number of anilines is 1. The van der Waals surface area contributed by atoms with Gasteiger partial charge in [-0.1, -0.05) is 0 Å². The van der Waals surface area contributed by atoms with Gasteiger partial charge in [0.25, 0.3) is 0 Å². The van der Waals surface area contributed by atoms with E-state index in [9.17, 15) is 13.2 Å². The van der Waals surface area contributed by atoms with Crippen LogP contribution in [0.4, 0.5) is 18.9 Å². The predicted octanol–water partition coefficient (Wildman–Crippen LogP) is 4.14. The third-order valence-electron chi connectivity index (χ3n) is 3.84. The van der Waals surface area contributed by atoms with Crippen LogP contribution in [0.5, 0.6) is 5.75 Å². The van der Waals surface area contributed by atoms with Crippen LogP contribution in [0.1, 0.15) is 24.8 Å². The first kappa shape index (κ1) is 13.8. The number of nitrogens with two attached hydrogens (primary N) is 1.